The molecule has 1 amide bonds. The number of carbonyl (C=O) groups excluding carboxylic acids is 1. The van der Waals surface area contributed by atoms with E-state index in [0.29, 0.717) is 0 Å². The first kappa shape index (κ1) is 7.50. The normalized spacial score (nSPS) is 32.2. The Bertz CT molecular complexity index is 137. The third-order valence-electron chi connectivity index (χ3n) is 1.73. The monoisotopic (exact) mass is 143 g/mol. The summed E-state index contributed by atoms with van der Waals surface area (Å²) in [6, 6.07) is 0.0716. The maximum atomic E-state index is 10.9. The number of nitrogens with one attached hydrogen (secondary N) is 2. The van der Waals surface area contributed by atoms with Gasteiger partial charge < -0.3 is 16.4 Å². The fourth-order valence-electron chi connectivity index (χ4n) is 1.14. The van der Waals surface area contributed by atoms with Gasteiger partial charge in [-0.1, -0.05) is 0 Å². The van der Waals surface area contributed by atoms with Crippen molar-refractivity contribution in [3.05, 3.63) is 0 Å². The van der Waals surface area contributed by atoms with Gasteiger partial charge in [-0.2, -0.15) is 0 Å². The fraction of sp³-hybridized carbons (Fsp3) is 0.833. The third kappa shape index (κ3) is 1.46. The molecule has 1 rings (SSSR count). The minimum atomic E-state index is -0.0694. The van der Waals surface area contributed by atoms with E-state index in [0.717, 1.165) is 13.0 Å². The molecule has 0 bridgehead atoms. The first-order valence-electron chi connectivity index (χ1n) is 3.44. The van der Waals surface area contributed by atoms with Crippen molar-refractivity contribution >= 4 is 5.91 Å². The molecule has 1 aliphatic heterocycles. The summed E-state index contributed by atoms with van der Waals surface area (Å²) in [5.74, 6) is 0.0351. The molecule has 0 aliphatic carbocycles. The van der Waals surface area contributed by atoms with Crippen molar-refractivity contribution in [2.75, 3.05) is 13.6 Å². The Morgan fingerprint density at radius 3 is 2.90 bits per heavy atom. The third-order valence-corrected chi connectivity index (χ3v) is 1.73. The van der Waals surface area contributed by atoms with Crippen LogP contribution in [0.4, 0.5) is 0 Å². The molecule has 1 saturated heterocycles. The van der Waals surface area contributed by atoms with Gasteiger partial charge in [0.25, 0.3) is 0 Å². The molecule has 0 saturated carbocycles. The van der Waals surface area contributed by atoms with Crippen molar-refractivity contribution < 1.29 is 4.79 Å². The first-order chi connectivity index (χ1) is 4.74. The topological polar surface area (TPSA) is 67.2 Å². The second-order valence-electron chi connectivity index (χ2n) is 2.57. The van der Waals surface area contributed by atoms with Gasteiger partial charge in [0, 0.05) is 19.6 Å². The van der Waals surface area contributed by atoms with E-state index in [2.05, 4.69) is 10.6 Å². The SMILES string of the molecule is CNC(=O)C1CC(N)CN1. The van der Waals surface area contributed by atoms with E-state index in [-0.39, 0.29) is 18.0 Å². The molecular weight excluding hydrogens is 130 g/mol. The highest BCUT2D eigenvalue weighted by Crippen LogP contribution is 2.03. The second kappa shape index (κ2) is 2.98. The lowest BCUT2D eigenvalue weighted by Crippen LogP contribution is -2.38. The van der Waals surface area contributed by atoms with E-state index in [1.807, 2.05) is 0 Å². The maximum Gasteiger partial charge on any atom is 0.236 e. The van der Waals surface area contributed by atoms with Gasteiger partial charge in [-0.3, -0.25) is 4.79 Å². The van der Waals surface area contributed by atoms with Crippen LogP contribution < -0.4 is 16.4 Å². The van der Waals surface area contributed by atoms with Gasteiger partial charge in [0.1, 0.15) is 0 Å². The number of hydrogen-bond donors (Lipinski definition) is 3. The minimum absolute atomic E-state index is 0.0351. The Hall–Kier alpha value is -0.610. The van der Waals surface area contributed by atoms with Crippen LogP contribution in [0.25, 0.3) is 0 Å². The Labute approximate surface area is 60.2 Å². The van der Waals surface area contributed by atoms with Crippen LogP contribution >= 0.6 is 0 Å². The summed E-state index contributed by atoms with van der Waals surface area (Å²) in [5, 5.41) is 5.59. The van der Waals surface area contributed by atoms with Crippen LogP contribution in [0, 0.1) is 0 Å². The van der Waals surface area contributed by atoms with Crippen molar-refractivity contribution in [2.24, 2.45) is 5.73 Å². The average molecular weight is 143 g/mol. The molecule has 58 valence electrons. The molecule has 1 heterocycles. The number of hydrogen-bond acceptors (Lipinski definition) is 3. The Kier molecular flexibility index (Phi) is 2.24. The molecule has 4 N–H and O–H groups in total. The van der Waals surface area contributed by atoms with Gasteiger partial charge in [-0.05, 0) is 6.42 Å². The van der Waals surface area contributed by atoms with Crippen LogP contribution in [0.5, 0.6) is 0 Å². The lowest BCUT2D eigenvalue weighted by molar-refractivity contribution is -0.122. The lowest BCUT2D eigenvalue weighted by Gasteiger charge is -2.06. The molecule has 4 nitrogen and oxygen atoms in total. The summed E-state index contributed by atoms with van der Waals surface area (Å²) in [6.07, 6.45) is 0.750. The minimum Gasteiger partial charge on any atom is -0.358 e. The highest BCUT2D eigenvalue weighted by molar-refractivity contribution is 5.81. The number of carbonyl (C=O) groups is 1. The molecular formula is C6H13N3O. The molecule has 1 aliphatic rings. The Morgan fingerprint density at radius 2 is 2.50 bits per heavy atom. The van der Waals surface area contributed by atoms with Crippen molar-refractivity contribution in [1.82, 2.24) is 10.6 Å². The first-order valence-corrected chi connectivity index (χ1v) is 3.44. The van der Waals surface area contributed by atoms with E-state index >= 15 is 0 Å². The molecule has 2 atom stereocenters. The van der Waals surface area contributed by atoms with Crippen LogP contribution in [-0.4, -0.2) is 31.6 Å². The molecule has 0 aromatic rings. The number of nitrogens with two attached hydrogens (primary N) is 1. The Balaban J connectivity index is 2.37. The highest BCUT2D eigenvalue weighted by Gasteiger charge is 2.25. The standard InChI is InChI=1S/C6H13N3O/c1-8-6(10)5-2-4(7)3-9-5/h4-5,9H,2-3,7H2,1H3,(H,8,10). The maximum absolute atomic E-state index is 10.9. The highest BCUT2D eigenvalue weighted by atomic mass is 16.2. The smallest absolute Gasteiger partial charge is 0.236 e. The van der Waals surface area contributed by atoms with E-state index in [1.165, 1.54) is 0 Å². The van der Waals surface area contributed by atoms with Gasteiger partial charge in [0.15, 0.2) is 0 Å². The molecule has 0 radical (unpaired) electrons. The van der Waals surface area contributed by atoms with Gasteiger partial charge >= 0.3 is 0 Å². The fourth-order valence-corrected chi connectivity index (χ4v) is 1.14. The van der Waals surface area contributed by atoms with Crippen LogP contribution in [0.2, 0.25) is 0 Å². The summed E-state index contributed by atoms with van der Waals surface area (Å²) >= 11 is 0. The summed E-state index contributed by atoms with van der Waals surface area (Å²) in [5.41, 5.74) is 5.58. The molecule has 2 unspecified atom stereocenters. The van der Waals surface area contributed by atoms with Crippen molar-refractivity contribution in [3.8, 4) is 0 Å². The van der Waals surface area contributed by atoms with E-state index in [9.17, 15) is 4.79 Å². The van der Waals surface area contributed by atoms with Crippen molar-refractivity contribution in [3.63, 3.8) is 0 Å². The molecule has 0 aromatic heterocycles. The summed E-state index contributed by atoms with van der Waals surface area (Å²) < 4.78 is 0. The van der Waals surface area contributed by atoms with Crippen LogP contribution in [0.3, 0.4) is 0 Å². The second-order valence-corrected chi connectivity index (χ2v) is 2.57. The van der Waals surface area contributed by atoms with Crippen LogP contribution in [0.15, 0.2) is 0 Å². The Morgan fingerprint density at radius 1 is 1.80 bits per heavy atom. The molecule has 0 spiro atoms. The average Bonchev–Trinajstić information content (AvgIpc) is 2.34. The van der Waals surface area contributed by atoms with Gasteiger partial charge in [-0.15, -0.1) is 0 Å². The zero-order valence-electron chi connectivity index (χ0n) is 6.05. The molecule has 0 aromatic carbocycles. The van der Waals surface area contributed by atoms with Gasteiger partial charge in [-0.25, -0.2) is 0 Å². The van der Waals surface area contributed by atoms with Gasteiger partial charge in [0.05, 0.1) is 6.04 Å². The number of likely N-dealkylation sites (N-methyl/N-ethyl adjacent to an activating group) is 1. The van der Waals surface area contributed by atoms with Crippen LogP contribution in [0.1, 0.15) is 6.42 Å². The predicted octanol–water partition coefficient (Wildman–Crippen LogP) is -1.58. The quantitative estimate of drug-likeness (QED) is 0.415. The van der Waals surface area contributed by atoms with E-state index < -0.39 is 0 Å². The molecule has 4 heteroatoms. The van der Waals surface area contributed by atoms with Crippen molar-refractivity contribution in [2.45, 2.75) is 18.5 Å². The number of amides is 1. The number of rotatable bonds is 1. The van der Waals surface area contributed by atoms with Crippen LogP contribution in [-0.2, 0) is 4.79 Å². The zero-order chi connectivity index (χ0) is 7.56. The predicted molar refractivity (Wildman–Crippen MR) is 38.4 cm³/mol. The summed E-state index contributed by atoms with van der Waals surface area (Å²) in [6.45, 7) is 0.748. The van der Waals surface area contributed by atoms with Crippen molar-refractivity contribution in [1.29, 1.82) is 0 Å². The molecule has 10 heavy (non-hydrogen) atoms. The van der Waals surface area contributed by atoms with Gasteiger partial charge in [0.2, 0.25) is 5.91 Å². The van der Waals surface area contributed by atoms with E-state index in [4.69, 9.17) is 5.73 Å². The summed E-state index contributed by atoms with van der Waals surface area (Å²) in [4.78, 5) is 10.9. The molecule has 1 fully saturated rings. The largest absolute Gasteiger partial charge is 0.358 e. The summed E-state index contributed by atoms with van der Waals surface area (Å²) in [7, 11) is 1.63. The van der Waals surface area contributed by atoms with E-state index in [1.54, 1.807) is 7.05 Å². The lowest BCUT2D eigenvalue weighted by atomic mass is 10.2. The zero-order valence-corrected chi connectivity index (χ0v) is 6.05.